The molecule has 72 valence electrons. The molecule has 1 aromatic heterocycles. The highest BCUT2D eigenvalue weighted by Crippen LogP contribution is 2.40. The van der Waals surface area contributed by atoms with Crippen LogP contribution in [0, 0.1) is 5.92 Å². The van der Waals surface area contributed by atoms with Crippen molar-refractivity contribution in [1.82, 2.24) is 0 Å². The molecule has 1 aromatic rings. The lowest BCUT2D eigenvalue weighted by Crippen LogP contribution is -2.16. The van der Waals surface area contributed by atoms with Crippen LogP contribution in [-0.2, 0) is 13.0 Å². The Hall–Kier alpha value is -0.340. The van der Waals surface area contributed by atoms with Gasteiger partial charge in [0, 0.05) is 11.4 Å². The molecule has 1 aliphatic carbocycles. The van der Waals surface area contributed by atoms with Gasteiger partial charge in [-0.15, -0.1) is 11.3 Å². The first-order valence-electron chi connectivity index (χ1n) is 5.03. The summed E-state index contributed by atoms with van der Waals surface area (Å²) in [7, 11) is 0. The van der Waals surface area contributed by atoms with E-state index in [1.807, 2.05) is 11.3 Å². The van der Waals surface area contributed by atoms with Crippen molar-refractivity contribution in [2.24, 2.45) is 11.7 Å². The lowest BCUT2D eigenvalue weighted by Gasteiger charge is -2.27. The summed E-state index contributed by atoms with van der Waals surface area (Å²) in [5.41, 5.74) is 8.70. The molecule has 2 heteroatoms. The summed E-state index contributed by atoms with van der Waals surface area (Å²) in [5.74, 6) is 1.54. The van der Waals surface area contributed by atoms with E-state index in [2.05, 4.69) is 19.2 Å². The molecule has 2 atom stereocenters. The Morgan fingerprint density at radius 1 is 1.54 bits per heavy atom. The molecule has 0 spiro atoms. The van der Waals surface area contributed by atoms with E-state index in [1.54, 1.807) is 10.4 Å². The predicted octanol–water partition coefficient (Wildman–Crippen LogP) is 2.89. The average molecular weight is 195 g/mol. The molecule has 0 saturated carbocycles. The van der Waals surface area contributed by atoms with Crippen LogP contribution < -0.4 is 5.73 Å². The smallest absolute Gasteiger partial charge is 0.0189 e. The molecule has 2 N–H and O–H groups in total. The first-order chi connectivity index (χ1) is 6.24. The monoisotopic (exact) mass is 195 g/mol. The Labute approximate surface area is 84.0 Å². The average Bonchev–Trinajstić information content (AvgIpc) is 2.55. The quantitative estimate of drug-likeness (QED) is 0.732. The van der Waals surface area contributed by atoms with Crippen molar-refractivity contribution in [3.8, 4) is 0 Å². The molecular weight excluding hydrogens is 178 g/mol. The Morgan fingerprint density at radius 3 is 3.00 bits per heavy atom. The fourth-order valence-electron chi connectivity index (χ4n) is 2.24. The summed E-state index contributed by atoms with van der Waals surface area (Å²) in [4.78, 5) is 1.59. The number of hydrogen-bond donors (Lipinski definition) is 1. The number of nitrogens with two attached hydrogens (primary N) is 1. The van der Waals surface area contributed by atoms with Gasteiger partial charge < -0.3 is 5.73 Å². The van der Waals surface area contributed by atoms with Gasteiger partial charge in [0.25, 0.3) is 0 Å². The van der Waals surface area contributed by atoms with E-state index in [1.165, 1.54) is 18.4 Å². The van der Waals surface area contributed by atoms with Gasteiger partial charge in [0.05, 0.1) is 0 Å². The molecule has 0 saturated heterocycles. The largest absolute Gasteiger partial charge is 0.326 e. The molecule has 0 bridgehead atoms. The van der Waals surface area contributed by atoms with Gasteiger partial charge in [0.15, 0.2) is 0 Å². The van der Waals surface area contributed by atoms with Gasteiger partial charge in [0.2, 0.25) is 0 Å². The Kier molecular flexibility index (Phi) is 2.43. The number of thiophene rings is 1. The minimum Gasteiger partial charge on any atom is -0.326 e. The lowest BCUT2D eigenvalue weighted by atomic mass is 9.79. The summed E-state index contributed by atoms with van der Waals surface area (Å²) in [6.45, 7) is 5.41. The zero-order valence-corrected chi connectivity index (χ0v) is 9.16. The SMILES string of the molecule is CC1CCc2scc(CN)c2C1C. The van der Waals surface area contributed by atoms with Crippen molar-refractivity contribution < 1.29 is 0 Å². The lowest BCUT2D eigenvalue weighted by molar-refractivity contribution is 0.428. The van der Waals surface area contributed by atoms with Gasteiger partial charge in [0.1, 0.15) is 0 Å². The van der Waals surface area contributed by atoms with Crippen molar-refractivity contribution in [3.63, 3.8) is 0 Å². The molecule has 1 heterocycles. The summed E-state index contributed by atoms with van der Waals surface area (Å²) < 4.78 is 0. The molecule has 1 nitrogen and oxygen atoms in total. The van der Waals surface area contributed by atoms with Crippen LogP contribution in [0.1, 0.15) is 42.2 Å². The zero-order chi connectivity index (χ0) is 9.42. The van der Waals surface area contributed by atoms with E-state index in [9.17, 15) is 0 Å². The first-order valence-corrected chi connectivity index (χ1v) is 5.91. The van der Waals surface area contributed by atoms with Crippen molar-refractivity contribution in [3.05, 3.63) is 21.4 Å². The van der Waals surface area contributed by atoms with Crippen LogP contribution in [0.25, 0.3) is 0 Å². The molecule has 0 amide bonds. The summed E-state index contributed by atoms with van der Waals surface area (Å²) in [6, 6.07) is 0. The molecule has 0 aliphatic heterocycles. The molecule has 0 radical (unpaired) electrons. The number of hydrogen-bond acceptors (Lipinski definition) is 2. The van der Waals surface area contributed by atoms with Gasteiger partial charge in [-0.25, -0.2) is 0 Å². The minimum atomic E-state index is 0.711. The van der Waals surface area contributed by atoms with E-state index in [-0.39, 0.29) is 0 Å². The maximum absolute atomic E-state index is 5.73. The van der Waals surface area contributed by atoms with Crippen molar-refractivity contribution in [2.45, 2.75) is 39.2 Å². The van der Waals surface area contributed by atoms with E-state index < -0.39 is 0 Å². The van der Waals surface area contributed by atoms with Gasteiger partial charge in [-0.05, 0) is 41.2 Å². The highest BCUT2D eigenvalue weighted by molar-refractivity contribution is 7.10. The molecule has 0 fully saturated rings. The molecule has 1 aliphatic rings. The fourth-order valence-corrected chi connectivity index (χ4v) is 3.43. The van der Waals surface area contributed by atoms with Crippen molar-refractivity contribution in [2.75, 3.05) is 0 Å². The number of aryl methyl sites for hydroxylation is 1. The Bertz CT molecular complexity index is 290. The Morgan fingerprint density at radius 2 is 2.31 bits per heavy atom. The van der Waals surface area contributed by atoms with Gasteiger partial charge in [-0.1, -0.05) is 13.8 Å². The van der Waals surface area contributed by atoms with Crippen molar-refractivity contribution in [1.29, 1.82) is 0 Å². The Balaban J connectivity index is 2.42. The van der Waals surface area contributed by atoms with Crippen LogP contribution in [0.2, 0.25) is 0 Å². The standard InChI is InChI=1S/C11H17NS/c1-7-3-4-10-11(8(7)2)9(5-12)6-13-10/h6-8H,3-5,12H2,1-2H3. The predicted molar refractivity (Wildman–Crippen MR) is 58.1 cm³/mol. The number of rotatable bonds is 1. The molecular formula is C11H17NS. The third kappa shape index (κ3) is 1.42. The maximum Gasteiger partial charge on any atom is 0.0189 e. The molecule has 2 rings (SSSR count). The van der Waals surface area contributed by atoms with Crippen LogP contribution in [0.15, 0.2) is 5.38 Å². The van der Waals surface area contributed by atoms with E-state index in [0.29, 0.717) is 12.5 Å². The number of fused-ring (bicyclic) bond motifs is 1. The normalized spacial score (nSPS) is 27.3. The van der Waals surface area contributed by atoms with Crippen LogP contribution in [0.3, 0.4) is 0 Å². The third-order valence-corrected chi connectivity index (χ3v) is 4.46. The van der Waals surface area contributed by atoms with Crippen LogP contribution >= 0.6 is 11.3 Å². The second-order valence-electron chi connectivity index (χ2n) is 4.11. The first kappa shape index (κ1) is 9.22. The topological polar surface area (TPSA) is 26.0 Å². The van der Waals surface area contributed by atoms with Crippen molar-refractivity contribution >= 4 is 11.3 Å². The summed E-state index contributed by atoms with van der Waals surface area (Å²) in [5, 5.41) is 2.25. The fraction of sp³-hybridized carbons (Fsp3) is 0.636. The van der Waals surface area contributed by atoms with E-state index in [0.717, 1.165) is 5.92 Å². The highest BCUT2D eigenvalue weighted by atomic mass is 32.1. The molecule has 13 heavy (non-hydrogen) atoms. The summed E-state index contributed by atoms with van der Waals surface area (Å²) in [6.07, 6.45) is 2.62. The molecule has 0 aromatic carbocycles. The highest BCUT2D eigenvalue weighted by Gasteiger charge is 2.26. The van der Waals surface area contributed by atoms with Gasteiger partial charge in [-0.3, -0.25) is 0 Å². The minimum absolute atomic E-state index is 0.711. The van der Waals surface area contributed by atoms with Gasteiger partial charge >= 0.3 is 0 Å². The van der Waals surface area contributed by atoms with E-state index >= 15 is 0 Å². The van der Waals surface area contributed by atoms with Crippen LogP contribution in [0.4, 0.5) is 0 Å². The zero-order valence-electron chi connectivity index (χ0n) is 8.34. The van der Waals surface area contributed by atoms with Gasteiger partial charge in [-0.2, -0.15) is 0 Å². The maximum atomic E-state index is 5.73. The second-order valence-corrected chi connectivity index (χ2v) is 5.07. The third-order valence-electron chi connectivity index (χ3n) is 3.35. The van der Waals surface area contributed by atoms with Crippen LogP contribution in [-0.4, -0.2) is 0 Å². The molecule has 2 unspecified atom stereocenters. The summed E-state index contributed by atoms with van der Waals surface area (Å²) >= 11 is 1.90. The van der Waals surface area contributed by atoms with Crippen LogP contribution in [0.5, 0.6) is 0 Å². The second kappa shape index (κ2) is 3.43. The van der Waals surface area contributed by atoms with E-state index in [4.69, 9.17) is 5.73 Å².